The lowest BCUT2D eigenvalue weighted by atomic mass is 9.92. The highest BCUT2D eigenvalue weighted by Gasteiger charge is 2.51. The number of carbonyl (C=O) groups excluding carboxylic acids is 3. The number of hydrogen-bond acceptors (Lipinski definition) is 19. The summed E-state index contributed by atoms with van der Waals surface area (Å²) in [4.78, 5) is 40.9. The fourth-order valence-electron chi connectivity index (χ4n) is 5.85. The number of aliphatic hydroxyl groups excluding tert-OH is 1. The Labute approximate surface area is 301 Å². The zero-order valence-corrected chi connectivity index (χ0v) is 27.3. The average molecular weight is 755 g/mol. The van der Waals surface area contributed by atoms with E-state index >= 15 is 0 Å². The Bertz CT molecular complexity index is 2120. The Balaban J connectivity index is 1.44. The molecule has 2 aliphatic heterocycles. The number of phenolic OH excluding ortho intramolecular Hbond substituents is 10. The fraction of sp³-hybridized carbons (Fsp3) is 0.229. The molecule has 19 heteroatoms. The van der Waals surface area contributed by atoms with Gasteiger partial charge in [0.25, 0.3) is 0 Å². The minimum absolute atomic E-state index is 0.00210. The highest BCUT2D eigenvalue weighted by molar-refractivity contribution is 6.08. The molecule has 2 heterocycles. The monoisotopic (exact) mass is 754 g/mol. The first-order valence-electron chi connectivity index (χ1n) is 15.7. The summed E-state index contributed by atoms with van der Waals surface area (Å²) in [5.41, 5.74) is -3.35. The Morgan fingerprint density at radius 3 is 1.81 bits per heavy atom. The second kappa shape index (κ2) is 14.3. The lowest BCUT2D eigenvalue weighted by Crippen LogP contribution is -2.62. The predicted octanol–water partition coefficient (Wildman–Crippen LogP) is 1.68. The minimum Gasteiger partial charge on any atom is -0.508 e. The third kappa shape index (κ3) is 6.76. The lowest BCUT2D eigenvalue weighted by Gasteiger charge is -2.43. The van der Waals surface area contributed by atoms with Gasteiger partial charge >= 0.3 is 17.9 Å². The minimum atomic E-state index is -2.03. The van der Waals surface area contributed by atoms with E-state index in [9.17, 15) is 70.6 Å². The molecule has 284 valence electrons. The van der Waals surface area contributed by atoms with Crippen LogP contribution in [0.4, 0.5) is 0 Å². The number of ether oxygens (including phenoxy) is 5. The number of rotatable bonds is 6. The van der Waals surface area contributed by atoms with E-state index in [-0.39, 0.29) is 18.8 Å². The highest BCUT2D eigenvalue weighted by atomic mass is 16.7. The number of benzene rings is 4. The van der Waals surface area contributed by atoms with Gasteiger partial charge in [-0.1, -0.05) is 12.1 Å². The molecule has 0 bridgehead atoms. The summed E-state index contributed by atoms with van der Waals surface area (Å²) in [5.74, 6) is -14.4. The summed E-state index contributed by atoms with van der Waals surface area (Å²) in [6, 6.07) is 8.59. The van der Waals surface area contributed by atoms with E-state index in [0.717, 1.165) is 0 Å². The van der Waals surface area contributed by atoms with Crippen LogP contribution in [0.15, 0.2) is 48.5 Å². The van der Waals surface area contributed by atoms with Crippen LogP contribution in [0.1, 0.15) is 36.6 Å². The van der Waals surface area contributed by atoms with Crippen LogP contribution in [-0.4, -0.2) is 118 Å². The van der Waals surface area contributed by atoms with E-state index in [0.29, 0.717) is 29.8 Å². The normalized spacial score (nSPS) is 21.0. The Hall–Kier alpha value is -6.83. The standard InChI is InChI=1S/C35H30O19/c36-14-3-1-12(2-4-14)5-6-50-35-29(46)31(54-32(47)13-7-17(37)24(41)18(38)8-13)30-21(52-35)11-51-33(48)15-9-19(39)25(42)27(44)22(15)23-16(34(49)53-30)10-20(40)26(43)28(23)45/h1-4,7-10,21,29-31,35-46H,5-6,11H2/t21-,29-,30-,31-,35-/m1/s1. The lowest BCUT2D eigenvalue weighted by molar-refractivity contribution is -0.299. The maximum Gasteiger partial charge on any atom is 0.339 e. The number of esters is 3. The van der Waals surface area contributed by atoms with Gasteiger partial charge in [-0.2, -0.15) is 0 Å². The average Bonchev–Trinajstić information content (AvgIpc) is 3.15. The second-order valence-electron chi connectivity index (χ2n) is 12.1. The van der Waals surface area contributed by atoms with Crippen molar-refractivity contribution < 1.29 is 94.2 Å². The Kier molecular flexibility index (Phi) is 9.78. The van der Waals surface area contributed by atoms with Crippen LogP contribution in [0, 0.1) is 0 Å². The van der Waals surface area contributed by atoms with Gasteiger partial charge in [-0.15, -0.1) is 0 Å². The molecule has 0 aromatic heterocycles. The van der Waals surface area contributed by atoms with E-state index in [4.69, 9.17) is 23.7 Å². The van der Waals surface area contributed by atoms with E-state index in [1.54, 1.807) is 12.1 Å². The maximum atomic E-state index is 14.0. The van der Waals surface area contributed by atoms with Gasteiger partial charge in [0.1, 0.15) is 24.6 Å². The van der Waals surface area contributed by atoms with Crippen molar-refractivity contribution in [2.24, 2.45) is 0 Å². The molecule has 0 radical (unpaired) electrons. The van der Waals surface area contributed by atoms with Gasteiger partial charge in [-0.25, -0.2) is 14.4 Å². The van der Waals surface area contributed by atoms with Crippen molar-refractivity contribution in [2.45, 2.75) is 37.1 Å². The molecule has 1 saturated heterocycles. The van der Waals surface area contributed by atoms with Crippen molar-refractivity contribution in [1.29, 1.82) is 0 Å². The van der Waals surface area contributed by atoms with Gasteiger partial charge in [0.05, 0.1) is 23.3 Å². The molecule has 0 spiro atoms. The van der Waals surface area contributed by atoms with Crippen molar-refractivity contribution in [3.05, 3.63) is 70.8 Å². The molecule has 11 N–H and O–H groups in total. The molecule has 0 amide bonds. The third-order valence-corrected chi connectivity index (χ3v) is 8.59. The van der Waals surface area contributed by atoms with E-state index in [1.807, 2.05) is 0 Å². The molecule has 54 heavy (non-hydrogen) atoms. The van der Waals surface area contributed by atoms with Crippen molar-refractivity contribution in [1.82, 2.24) is 0 Å². The first kappa shape index (κ1) is 36.9. The van der Waals surface area contributed by atoms with Crippen LogP contribution in [0.2, 0.25) is 0 Å². The Morgan fingerprint density at radius 2 is 1.24 bits per heavy atom. The number of carbonyl (C=O) groups is 3. The van der Waals surface area contributed by atoms with Crippen LogP contribution >= 0.6 is 0 Å². The van der Waals surface area contributed by atoms with Crippen molar-refractivity contribution in [2.75, 3.05) is 13.2 Å². The molecule has 2 aliphatic rings. The first-order chi connectivity index (χ1) is 25.6. The third-order valence-electron chi connectivity index (χ3n) is 8.59. The van der Waals surface area contributed by atoms with Crippen LogP contribution in [-0.2, 0) is 30.1 Å². The van der Waals surface area contributed by atoms with Gasteiger partial charge in [-0.3, -0.25) is 0 Å². The predicted molar refractivity (Wildman–Crippen MR) is 174 cm³/mol. The van der Waals surface area contributed by atoms with Crippen LogP contribution < -0.4 is 0 Å². The molecule has 19 nitrogen and oxygen atoms in total. The van der Waals surface area contributed by atoms with Crippen LogP contribution in [0.25, 0.3) is 11.1 Å². The topological polar surface area (TPSA) is 320 Å². The number of aliphatic hydroxyl groups is 1. The molecule has 5 atom stereocenters. The van der Waals surface area contributed by atoms with Gasteiger partial charge in [0.15, 0.2) is 58.7 Å². The summed E-state index contributed by atoms with van der Waals surface area (Å²) in [6.45, 7) is -1.08. The van der Waals surface area contributed by atoms with Crippen molar-refractivity contribution in [3.63, 3.8) is 0 Å². The summed E-state index contributed by atoms with van der Waals surface area (Å²) >= 11 is 0. The first-order valence-corrected chi connectivity index (χ1v) is 15.7. The fourth-order valence-corrected chi connectivity index (χ4v) is 5.85. The molecule has 0 aliphatic carbocycles. The highest BCUT2D eigenvalue weighted by Crippen LogP contribution is 2.53. The van der Waals surface area contributed by atoms with Crippen molar-refractivity contribution >= 4 is 17.9 Å². The van der Waals surface area contributed by atoms with Gasteiger partial charge in [0, 0.05) is 11.1 Å². The van der Waals surface area contributed by atoms with E-state index in [1.165, 1.54) is 12.1 Å². The van der Waals surface area contributed by atoms with Crippen LogP contribution in [0.3, 0.4) is 0 Å². The second-order valence-corrected chi connectivity index (χ2v) is 12.1. The summed E-state index contributed by atoms with van der Waals surface area (Å²) in [5, 5.41) is 114. The number of hydrogen-bond donors (Lipinski definition) is 11. The zero-order valence-electron chi connectivity index (χ0n) is 27.3. The number of fused-ring (bicyclic) bond motifs is 4. The van der Waals surface area contributed by atoms with E-state index in [2.05, 4.69) is 0 Å². The zero-order chi connectivity index (χ0) is 39.2. The van der Waals surface area contributed by atoms with Crippen molar-refractivity contribution in [3.8, 4) is 68.6 Å². The van der Waals surface area contributed by atoms with Gasteiger partial charge < -0.3 is 79.9 Å². The van der Waals surface area contributed by atoms with E-state index < -0.39 is 135 Å². The number of cyclic esters (lactones) is 1. The molecule has 1 fully saturated rings. The van der Waals surface area contributed by atoms with Gasteiger partial charge in [0.2, 0.25) is 11.5 Å². The molecular weight excluding hydrogens is 724 g/mol. The number of aromatic hydroxyl groups is 10. The summed E-state index contributed by atoms with van der Waals surface area (Å²) < 4.78 is 28.1. The molecule has 4 aromatic carbocycles. The van der Waals surface area contributed by atoms with Crippen LogP contribution in [0.5, 0.6) is 57.5 Å². The number of phenols is 10. The Morgan fingerprint density at radius 1 is 0.704 bits per heavy atom. The quantitative estimate of drug-likeness (QED) is 0.0757. The molecule has 4 aromatic rings. The molecular formula is C35H30O19. The molecule has 6 rings (SSSR count). The molecule has 0 saturated carbocycles. The van der Waals surface area contributed by atoms with Gasteiger partial charge in [-0.05, 0) is 48.4 Å². The smallest absolute Gasteiger partial charge is 0.339 e. The maximum absolute atomic E-state index is 14.0. The summed E-state index contributed by atoms with van der Waals surface area (Å²) in [6.07, 6.45) is -9.23. The molecule has 0 unspecified atom stereocenters. The summed E-state index contributed by atoms with van der Waals surface area (Å²) in [7, 11) is 0. The SMILES string of the molecule is O=C(O[C@@H]1[C@@H](O)[C@H](OCCc2ccc(O)cc2)O[C@@H]2COC(=O)c3cc(O)c(O)c(O)c3-c3c(cc(O)c(O)c3O)C(=O)O[C@@H]12)c1cc(O)c(O)c(O)c1. The largest absolute Gasteiger partial charge is 0.508 e.